The molecule has 1 aliphatic carbocycles. The van der Waals surface area contributed by atoms with Crippen LogP contribution >= 0.6 is 0 Å². The topological polar surface area (TPSA) is 67.2 Å². The minimum Gasteiger partial charge on any atom is -0.505 e. The maximum absolute atomic E-state index is 14.2. The molecule has 2 N–H and O–H groups in total. The zero-order valence-electron chi connectivity index (χ0n) is 11.9. The Bertz CT molecular complexity index is 834. The molecule has 1 aliphatic heterocycles. The van der Waals surface area contributed by atoms with Gasteiger partial charge < -0.3 is 10.4 Å². The molecule has 0 bridgehead atoms. The summed E-state index contributed by atoms with van der Waals surface area (Å²) in [5.74, 6) is -1.15. The van der Waals surface area contributed by atoms with E-state index < -0.39 is 11.6 Å². The van der Waals surface area contributed by atoms with Crippen LogP contribution in [0, 0.1) is 5.82 Å². The van der Waals surface area contributed by atoms with Crippen LogP contribution < -0.4 is 5.32 Å². The number of halogens is 1. The van der Waals surface area contributed by atoms with Gasteiger partial charge in [0, 0.05) is 12.6 Å². The number of benzene rings is 1. The fourth-order valence-corrected chi connectivity index (χ4v) is 2.86. The first-order chi connectivity index (χ1) is 10.6. The molecule has 0 spiro atoms. The zero-order chi connectivity index (χ0) is 15.4. The van der Waals surface area contributed by atoms with Gasteiger partial charge in [-0.2, -0.15) is 5.10 Å². The minimum atomic E-state index is -0.780. The molecule has 112 valence electrons. The molecule has 0 radical (unpaired) electrons. The molecule has 2 heterocycles. The van der Waals surface area contributed by atoms with E-state index in [4.69, 9.17) is 0 Å². The lowest BCUT2D eigenvalue weighted by Crippen LogP contribution is -2.04. The summed E-state index contributed by atoms with van der Waals surface area (Å²) in [5.41, 5.74) is 2.60. The highest BCUT2D eigenvalue weighted by Gasteiger charge is 2.32. The number of hydrogen-bond acceptors (Lipinski definition) is 3. The van der Waals surface area contributed by atoms with Crippen molar-refractivity contribution in [2.24, 2.45) is 7.05 Å². The molecule has 2 aliphatic rings. The number of phenolic OH excluding ortho intramolecular Hbond substituents is 1. The number of amides is 1. The van der Waals surface area contributed by atoms with Crippen molar-refractivity contribution in [3.8, 4) is 5.75 Å². The second kappa shape index (κ2) is 4.43. The van der Waals surface area contributed by atoms with E-state index in [1.807, 2.05) is 0 Å². The first-order valence-corrected chi connectivity index (χ1v) is 7.13. The summed E-state index contributed by atoms with van der Waals surface area (Å²) >= 11 is 0. The van der Waals surface area contributed by atoms with E-state index in [-0.39, 0.29) is 17.0 Å². The molecule has 6 heteroatoms. The van der Waals surface area contributed by atoms with Crippen LogP contribution in [0.2, 0.25) is 0 Å². The number of carbonyl (C=O) groups excluding carboxylic acids is 1. The van der Waals surface area contributed by atoms with Gasteiger partial charge in [-0.05, 0) is 37.0 Å². The number of rotatable bonds is 2. The van der Waals surface area contributed by atoms with Crippen molar-refractivity contribution in [3.05, 3.63) is 41.0 Å². The third-order valence-electron chi connectivity index (χ3n) is 4.20. The molecule has 1 amide bonds. The van der Waals surface area contributed by atoms with E-state index in [1.165, 1.54) is 12.1 Å². The molecular formula is C16H14FN3O2. The number of aromatic hydroxyl groups is 1. The molecule has 22 heavy (non-hydrogen) atoms. The number of aryl methyl sites for hydroxylation is 1. The summed E-state index contributed by atoms with van der Waals surface area (Å²) in [7, 11) is 1.80. The Balaban J connectivity index is 1.89. The van der Waals surface area contributed by atoms with Crippen LogP contribution in [0.15, 0.2) is 18.3 Å². The number of nitrogens with zero attached hydrogens (tertiary/aromatic N) is 2. The zero-order valence-corrected chi connectivity index (χ0v) is 11.9. The molecule has 1 aromatic heterocycles. The van der Waals surface area contributed by atoms with Gasteiger partial charge in [0.1, 0.15) is 0 Å². The molecule has 1 aromatic carbocycles. The Morgan fingerprint density at radius 1 is 1.45 bits per heavy atom. The second-order valence-corrected chi connectivity index (χ2v) is 5.72. The average Bonchev–Trinajstić information content (AvgIpc) is 3.19. The monoisotopic (exact) mass is 299 g/mol. The molecule has 1 saturated carbocycles. The third-order valence-corrected chi connectivity index (χ3v) is 4.20. The van der Waals surface area contributed by atoms with Gasteiger partial charge in [0.2, 0.25) is 0 Å². The lowest BCUT2D eigenvalue weighted by atomic mass is 10.0. The van der Waals surface area contributed by atoms with Crippen LogP contribution in [0.25, 0.3) is 11.6 Å². The van der Waals surface area contributed by atoms with E-state index >= 15 is 0 Å². The Morgan fingerprint density at radius 2 is 2.23 bits per heavy atom. The Kier molecular flexibility index (Phi) is 2.63. The van der Waals surface area contributed by atoms with E-state index in [2.05, 4.69) is 10.4 Å². The molecule has 2 aromatic rings. The van der Waals surface area contributed by atoms with E-state index in [9.17, 15) is 14.3 Å². The van der Waals surface area contributed by atoms with Crippen molar-refractivity contribution in [1.29, 1.82) is 0 Å². The van der Waals surface area contributed by atoms with Gasteiger partial charge in [-0.25, -0.2) is 4.39 Å². The van der Waals surface area contributed by atoms with Gasteiger partial charge in [-0.1, -0.05) is 0 Å². The Labute approximate surface area is 126 Å². The smallest absolute Gasteiger partial charge is 0.256 e. The molecule has 1 fully saturated rings. The Morgan fingerprint density at radius 3 is 2.95 bits per heavy atom. The molecule has 0 atom stereocenters. The summed E-state index contributed by atoms with van der Waals surface area (Å²) in [5, 5.41) is 16.4. The highest BCUT2D eigenvalue weighted by atomic mass is 19.1. The number of phenols is 1. The lowest BCUT2D eigenvalue weighted by Gasteiger charge is -2.04. The minimum absolute atomic E-state index is 0.118. The normalized spacial score (nSPS) is 18.6. The fourth-order valence-electron chi connectivity index (χ4n) is 2.86. The summed E-state index contributed by atoms with van der Waals surface area (Å²) in [6.45, 7) is 0. The van der Waals surface area contributed by atoms with Crippen molar-refractivity contribution in [2.75, 3.05) is 5.32 Å². The van der Waals surface area contributed by atoms with Gasteiger partial charge in [-0.3, -0.25) is 9.48 Å². The van der Waals surface area contributed by atoms with Crippen LogP contribution in [-0.2, 0) is 11.8 Å². The van der Waals surface area contributed by atoms with Gasteiger partial charge in [-0.15, -0.1) is 0 Å². The molecular weight excluding hydrogens is 285 g/mol. The van der Waals surface area contributed by atoms with E-state index in [0.717, 1.165) is 24.1 Å². The molecule has 5 nitrogen and oxygen atoms in total. The first-order valence-electron chi connectivity index (χ1n) is 7.13. The van der Waals surface area contributed by atoms with Crippen molar-refractivity contribution < 1.29 is 14.3 Å². The largest absolute Gasteiger partial charge is 0.505 e. The quantitative estimate of drug-likeness (QED) is 0.661. The third kappa shape index (κ3) is 1.83. The number of fused-ring (bicyclic) bond motifs is 1. The highest BCUT2D eigenvalue weighted by Crippen LogP contribution is 2.43. The predicted molar refractivity (Wildman–Crippen MR) is 79.7 cm³/mol. The lowest BCUT2D eigenvalue weighted by molar-refractivity contribution is -0.110. The van der Waals surface area contributed by atoms with Crippen molar-refractivity contribution in [1.82, 2.24) is 9.78 Å². The van der Waals surface area contributed by atoms with Crippen LogP contribution in [0.4, 0.5) is 10.1 Å². The van der Waals surface area contributed by atoms with Crippen LogP contribution in [0.5, 0.6) is 5.75 Å². The molecule has 0 saturated heterocycles. The molecule has 0 unspecified atom stereocenters. The number of anilines is 1. The maximum atomic E-state index is 14.2. The predicted octanol–water partition coefficient (Wildman–Crippen LogP) is 2.63. The average molecular weight is 299 g/mol. The standard InChI is InChI=1S/C16H14FN3O2/c1-20-12(10(7-18-20)8-2-3-8)6-9-14-11(19-16(9)22)4-5-13(21)15(14)17/h4-8,21H,2-3H2,1H3,(H,19,22). The number of aromatic nitrogens is 2. The SMILES string of the molecule is Cn1ncc(C2CC2)c1C=C1C(=O)Nc2ccc(O)c(F)c21. The van der Waals surface area contributed by atoms with Gasteiger partial charge in [0.15, 0.2) is 11.6 Å². The molecule has 4 rings (SSSR count). The maximum Gasteiger partial charge on any atom is 0.256 e. The van der Waals surface area contributed by atoms with Gasteiger partial charge in [0.25, 0.3) is 5.91 Å². The first kappa shape index (κ1) is 13.1. The van der Waals surface area contributed by atoms with Crippen molar-refractivity contribution in [2.45, 2.75) is 18.8 Å². The van der Waals surface area contributed by atoms with Gasteiger partial charge in [0.05, 0.1) is 28.7 Å². The number of hydrogen-bond donors (Lipinski definition) is 2. The van der Waals surface area contributed by atoms with Gasteiger partial charge >= 0.3 is 0 Å². The van der Waals surface area contributed by atoms with Crippen LogP contribution in [-0.4, -0.2) is 20.8 Å². The fraction of sp³-hybridized carbons (Fsp3) is 0.250. The van der Waals surface area contributed by atoms with Crippen molar-refractivity contribution in [3.63, 3.8) is 0 Å². The summed E-state index contributed by atoms with van der Waals surface area (Å²) in [6, 6.07) is 2.73. The summed E-state index contributed by atoms with van der Waals surface area (Å²) in [6.07, 6.45) is 5.68. The van der Waals surface area contributed by atoms with Crippen molar-refractivity contribution >= 4 is 23.2 Å². The number of carbonyl (C=O) groups is 1. The van der Waals surface area contributed by atoms with Crippen LogP contribution in [0.3, 0.4) is 0 Å². The van der Waals surface area contributed by atoms with Crippen LogP contribution in [0.1, 0.15) is 35.6 Å². The Hall–Kier alpha value is -2.63. The van der Waals surface area contributed by atoms with E-state index in [1.54, 1.807) is 24.0 Å². The second-order valence-electron chi connectivity index (χ2n) is 5.72. The van der Waals surface area contributed by atoms with E-state index in [0.29, 0.717) is 11.6 Å². The highest BCUT2D eigenvalue weighted by molar-refractivity contribution is 6.35. The summed E-state index contributed by atoms with van der Waals surface area (Å²) in [4.78, 5) is 12.2. The number of nitrogens with one attached hydrogen (secondary N) is 1. The summed E-state index contributed by atoms with van der Waals surface area (Å²) < 4.78 is 15.9.